The van der Waals surface area contributed by atoms with Gasteiger partial charge in [-0.05, 0) is 32.9 Å². The first kappa shape index (κ1) is 20.0. The van der Waals surface area contributed by atoms with Crippen LogP contribution in [0.1, 0.15) is 27.2 Å². The molecule has 1 aliphatic heterocycles. The van der Waals surface area contributed by atoms with Gasteiger partial charge in [0.1, 0.15) is 0 Å². The average molecular weight is 369 g/mol. The van der Waals surface area contributed by atoms with Gasteiger partial charge in [-0.15, -0.1) is 0 Å². The van der Waals surface area contributed by atoms with Crippen molar-refractivity contribution >= 4 is 23.2 Å². The summed E-state index contributed by atoms with van der Waals surface area (Å²) in [5.41, 5.74) is 1.36. The third-order valence-corrected chi connectivity index (χ3v) is 4.85. The summed E-state index contributed by atoms with van der Waals surface area (Å²) in [6.45, 7) is 12.8. The van der Waals surface area contributed by atoms with Gasteiger partial charge in [0, 0.05) is 13.0 Å². The molecule has 2 rings (SSSR count). The minimum absolute atomic E-state index is 0.164. The summed E-state index contributed by atoms with van der Waals surface area (Å²) in [7, 11) is 0. The Labute approximate surface area is 156 Å². The van der Waals surface area contributed by atoms with E-state index >= 15 is 0 Å². The Morgan fingerprint density at radius 1 is 1.28 bits per heavy atom. The second-order valence-corrected chi connectivity index (χ2v) is 8.33. The van der Waals surface area contributed by atoms with Crippen LogP contribution in [-0.4, -0.2) is 57.3 Å². The number of hydrogen-bond donors (Lipinski definition) is 3. The first-order valence-electron chi connectivity index (χ1n) is 9.29. The molecular formula is C19H33ClN4O+2. The van der Waals surface area contributed by atoms with Crippen molar-refractivity contribution in [2.75, 3.05) is 50.7 Å². The molecule has 140 valence electrons. The third-order valence-electron chi connectivity index (χ3n) is 4.53. The van der Waals surface area contributed by atoms with Crippen LogP contribution < -0.4 is 20.4 Å². The van der Waals surface area contributed by atoms with Gasteiger partial charge in [0.25, 0.3) is 5.91 Å². The number of nitrogens with two attached hydrogens (primary N) is 1. The predicted octanol–water partition coefficient (Wildman–Crippen LogP) is -0.0869. The van der Waals surface area contributed by atoms with Gasteiger partial charge < -0.3 is 20.4 Å². The van der Waals surface area contributed by atoms with E-state index in [0.717, 1.165) is 56.4 Å². The summed E-state index contributed by atoms with van der Waals surface area (Å²) in [5, 5.41) is 6.17. The molecule has 0 bridgehead atoms. The highest BCUT2D eigenvalue weighted by atomic mass is 35.5. The van der Waals surface area contributed by atoms with E-state index in [1.54, 1.807) is 0 Å². The van der Waals surface area contributed by atoms with E-state index in [1.807, 2.05) is 18.2 Å². The van der Waals surface area contributed by atoms with E-state index in [1.165, 1.54) is 4.90 Å². The molecule has 1 amide bonds. The van der Waals surface area contributed by atoms with Crippen LogP contribution in [0.2, 0.25) is 5.02 Å². The van der Waals surface area contributed by atoms with Gasteiger partial charge in [-0.1, -0.05) is 23.7 Å². The molecule has 5 nitrogen and oxygen atoms in total. The number of rotatable bonds is 7. The lowest BCUT2D eigenvalue weighted by atomic mass is 10.1. The van der Waals surface area contributed by atoms with Crippen molar-refractivity contribution < 1.29 is 15.0 Å². The summed E-state index contributed by atoms with van der Waals surface area (Å²) in [6.07, 6.45) is 1.01. The van der Waals surface area contributed by atoms with Gasteiger partial charge in [0.15, 0.2) is 6.54 Å². The molecule has 4 N–H and O–H groups in total. The molecule has 0 saturated carbocycles. The molecular weight excluding hydrogens is 336 g/mol. The van der Waals surface area contributed by atoms with E-state index in [2.05, 4.69) is 42.4 Å². The molecule has 1 aromatic rings. The summed E-state index contributed by atoms with van der Waals surface area (Å²) in [4.78, 5) is 15.8. The lowest BCUT2D eigenvalue weighted by Gasteiger charge is -2.33. The number of benzene rings is 1. The number of quaternary nitrogens is 2. The maximum atomic E-state index is 12.1. The molecule has 0 atom stereocenters. The second-order valence-electron chi connectivity index (χ2n) is 7.93. The quantitative estimate of drug-likeness (QED) is 0.589. The molecule has 1 fully saturated rings. The number of piperazine rings is 1. The van der Waals surface area contributed by atoms with E-state index in [9.17, 15) is 4.79 Å². The third kappa shape index (κ3) is 7.22. The Morgan fingerprint density at radius 2 is 1.96 bits per heavy atom. The topological polar surface area (TPSA) is 53.4 Å². The van der Waals surface area contributed by atoms with Crippen LogP contribution in [0.15, 0.2) is 24.3 Å². The van der Waals surface area contributed by atoms with Crippen molar-refractivity contribution in [3.05, 3.63) is 29.3 Å². The SMILES string of the molecule is CC(C)(C)[NH2+]CCCNC(=O)C[NH+]1CCN(c2ccccc2Cl)CC1. The van der Waals surface area contributed by atoms with Crippen LogP contribution in [0.3, 0.4) is 0 Å². The largest absolute Gasteiger partial charge is 0.359 e. The van der Waals surface area contributed by atoms with Crippen LogP contribution in [0.4, 0.5) is 5.69 Å². The number of para-hydroxylation sites is 1. The predicted molar refractivity (Wildman–Crippen MR) is 103 cm³/mol. The smallest absolute Gasteiger partial charge is 0.275 e. The molecule has 25 heavy (non-hydrogen) atoms. The summed E-state index contributed by atoms with van der Waals surface area (Å²) in [5.74, 6) is 0.164. The van der Waals surface area contributed by atoms with E-state index in [-0.39, 0.29) is 11.4 Å². The van der Waals surface area contributed by atoms with Gasteiger partial charge in [-0.2, -0.15) is 0 Å². The number of nitrogens with zero attached hydrogens (tertiary/aromatic N) is 1. The normalized spacial score (nSPS) is 16.1. The van der Waals surface area contributed by atoms with E-state index in [0.29, 0.717) is 6.54 Å². The van der Waals surface area contributed by atoms with Gasteiger partial charge in [-0.25, -0.2) is 0 Å². The molecule has 0 unspecified atom stereocenters. The van der Waals surface area contributed by atoms with Crippen molar-refractivity contribution in [1.82, 2.24) is 5.32 Å². The lowest BCUT2D eigenvalue weighted by molar-refractivity contribution is -0.892. The van der Waals surface area contributed by atoms with Crippen LogP contribution in [-0.2, 0) is 4.79 Å². The highest BCUT2D eigenvalue weighted by molar-refractivity contribution is 6.33. The molecule has 1 aromatic carbocycles. The summed E-state index contributed by atoms with van der Waals surface area (Å²) >= 11 is 6.27. The van der Waals surface area contributed by atoms with Crippen molar-refractivity contribution in [1.29, 1.82) is 0 Å². The Hall–Kier alpha value is -1.30. The molecule has 1 saturated heterocycles. The molecule has 0 spiro atoms. The van der Waals surface area contributed by atoms with Crippen molar-refractivity contribution in [3.63, 3.8) is 0 Å². The van der Waals surface area contributed by atoms with Crippen molar-refractivity contribution in [2.45, 2.75) is 32.7 Å². The molecule has 0 aromatic heterocycles. The number of halogens is 1. The zero-order valence-corrected chi connectivity index (χ0v) is 16.5. The van der Waals surface area contributed by atoms with Gasteiger partial charge in [0.05, 0.1) is 49.0 Å². The Morgan fingerprint density at radius 3 is 2.60 bits per heavy atom. The number of anilines is 1. The number of amides is 1. The standard InChI is InChI=1S/C19H31ClN4O/c1-19(2,3)22-10-6-9-21-18(25)15-23-11-13-24(14-12-23)17-8-5-4-7-16(17)20/h4-5,7-8,22H,6,9-15H2,1-3H3,(H,21,25)/p+2. The molecule has 6 heteroatoms. The van der Waals surface area contributed by atoms with Crippen LogP contribution in [0.5, 0.6) is 0 Å². The minimum atomic E-state index is 0.164. The second kappa shape index (κ2) is 9.41. The maximum Gasteiger partial charge on any atom is 0.275 e. The van der Waals surface area contributed by atoms with Crippen LogP contribution in [0.25, 0.3) is 0 Å². The monoisotopic (exact) mass is 368 g/mol. The highest BCUT2D eigenvalue weighted by Gasteiger charge is 2.23. The summed E-state index contributed by atoms with van der Waals surface area (Å²) < 4.78 is 0. The minimum Gasteiger partial charge on any atom is -0.359 e. The number of carbonyl (C=O) groups is 1. The fourth-order valence-corrected chi connectivity index (χ4v) is 3.36. The lowest BCUT2D eigenvalue weighted by Crippen LogP contribution is -3.16. The van der Waals surface area contributed by atoms with E-state index < -0.39 is 0 Å². The highest BCUT2D eigenvalue weighted by Crippen LogP contribution is 2.24. The summed E-state index contributed by atoms with van der Waals surface area (Å²) in [6, 6.07) is 7.97. The zero-order valence-electron chi connectivity index (χ0n) is 15.8. The van der Waals surface area contributed by atoms with Crippen molar-refractivity contribution in [2.24, 2.45) is 0 Å². The molecule has 0 radical (unpaired) electrons. The fraction of sp³-hybridized carbons (Fsp3) is 0.632. The molecule has 0 aliphatic carbocycles. The zero-order chi connectivity index (χ0) is 18.3. The van der Waals surface area contributed by atoms with Gasteiger partial charge in [0.2, 0.25) is 0 Å². The van der Waals surface area contributed by atoms with E-state index in [4.69, 9.17) is 11.6 Å². The number of nitrogens with one attached hydrogen (secondary N) is 2. The molecule has 1 aliphatic rings. The Bertz CT molecular complexity index is 551. The number of hydrogen-bond acceptors (Lipinski definition) is 2. The average Bonchev–Trinajstić information content (AvgIpc) is 2.55. The van der Waals surface area contributed by atoms with Gasteiger partial charge >= 0.3 is 0 Å². The van der Waals surface area contributed by atoms with Gasteiger partial charge in [-0.3, -0.25) is 4.79 Å². The Balaban J connectivity index is 1.63. The maximum absolute atomic E-state index is 12.1. The number of carbonyl (C=O) groups excluding carboxylic acids is 1. The first-order valence-corrected chi connectivity index (χ1v) is 9.67. The fourth-order valence-electron chi connectivity index (χ4n) is 3.10. The molecule has 1 heterocycles. The van der Waals surface area contributed by atoms with Crippen LogP contribution in [0, 0.1) is 0 Å². The Kier molecular flexibility index (Phi) is 7.54. The first-order chi connectivity index (χ1) is 11.8. The van der Waals surface area contributed by atoms with Crippen molar-refractivity contribution in [3.8, 4) is 0 Å². The van der Waals surface area contributed by atoms with Crippen LogP contribution >= 0.6 is 11.6 Å².